The third-order valence-electron chi connectivity index (χ3n) is 4.69. The summed E-state index contributed by atoms with van der Waals surface area (Å²) in [6.07, 6.45) is 2.47. The first kappa shape index (κ1) is 20.3. The van der Waals surface area contributed by atoms with Crippen LogP contribution in [0.3, 0.4) is 0 Å². The Morgan fingerprint density at radius 3 is 2.73 bits per heavy atom. The number of carbonyl (C=O) groups is 2. The second-order valence-corrected chi connectivity index (χ2v) is 8.64. The number of nitrogens with one attached hydrogen (secondary N) is 1. The Bertz CT molecular complexity index is 1040. The van der Waals surface area contributed by atoms with Crippen LogP contribution in [0.2, 0.25) is 0 Å². The molecule has 1 saturated carbocycles. The van der Waals surface area contributed by atoms with Crippen molar-refractivity contribution < 1.29 is 18.8 Å². The van der Waals surface area contributed by atoms with Crippen LogP contribution in [0.4, 0.5) is 5.00 Å². The molecule has 2 aromatic heterocycles. The maximum absolute atomic E-state index is 13.0. The predicted octanol–water partition coefficient (Wildman–Crippen LogP) is 4.70. The van der Waals surface area contributed by atoms with Gasteiger partial charge in [-0.2, -0.15) is 4.98 Å². The van der Waals surface area contributed by atoms with Gasteiger partial charge in [0.05, 0.1) is 0 Å². The Morgan fingerprint density at radius 2 is 2.03 bits per heavy atom. The fourth-order valence-electron chi connectivity index (χ4n) is 3.04. The molecule has 2 heterocycles. The Hall–Kier alpha value is -3.00. The summed E-state index contributed by atoms with van der Waals surface area (Å²) in [5.41, 5.74) is 1.95. The molecule has 1 fully saturated rings. The second-order valence-electron chi connectivity index (χ2n) is 7.76. The molecule has 0 bridgehead atoms. The van der Waals surface area contributed by atoms with Gasteiger partial charge in [-0.15, -0.1) is 11.3 Å². The second kappa shape index (κ2) is 8.79. The van der Waals surface area contributed by atoms with Crippen molar-refractivity contribution in [2.24, 2.45) is 11.8 Å². The lowest BCUT2D eigenvalue weighted by molar-refractivity contribution is -0.117. The largest absolute Gasteiger partial charge is 0.452 e. The average molecular weight is 426 g/mol. The molecule has 1 N–H and O–H groups in total. The van der Waals surface area contributed by atoms with Crippen LogP contribution in [-0.4, -0.2) is 22.0 Å². The topological polar surface area (TPSA) is 94.3 Å². The zero-order chi connectivity index (χ0) is 21.1. The number of amides is 1. The number of benzene rings is 1. The van der Waals surface area contributed by atoms with Crippen LogP contribution < -0.4 is 5.32 Å². The van der Waals surface area contributed by atoms with E-state index in [2.05, 4.69) is 29.3 Å². The summed E-state index contributed by atoms with van der Waals surface area (Å²) in [4.78, 5) is 29.5. The average Bonchev–Trinajstić information content (AvgIpc) is 3.37. The molecule has 3 aromatic rings. The van der Waals surface area contributed by atoms with E-state index in [-0.39, 0.29) is 24.3 Å². The molecule has 1 aromatic carbocycles. The Kier molecular flexibility index (Phi) is 5.94. The van der Waals surface area contributed by atoms with Crippen molar-refractivity contribution in [2.75, 3.05) is 5.32 Å². The van der Waals surface area contributed by atoms with E-state index in [1.807, 2.05) is 35.7 Å². The molecule has 1 aliphatic rings. The van der Waals surface area contributed by atoms with Crippen molar-refractivity contribution in [1.82, 2.24) is 10.1 Å². The van der Waals surface area contributed by atoms with Crippen LogP contribution in [0.5, 0.6) is 0 Å². The van der Waals surface area contributed by atoms with E-state index in [1.165, 1.54) is 11.3 Å². The van der Waals surface area contributed by atoms with E-state index >= 15 is 0 Å². The van der Waals surface area contributed by atoms with Gasteiger partial charge in [0.1, 0.15) is 10.6 Å². The van der Waals surface area contributed by atoms with Crippen LogP contribution >= 0.6 is 11.3 Å². The molecular weight excluding hydrogens is 402 g/mol. The SMILES string of the molecule is CC(C)Cc1noc(COC(=O)c2c(-c3ccccc3)csc2NC(=O)C2CC2)n1. The number of hydrogen-bond acceptors (Lipinski definition) is 7. The monoisotopic (exact) mass is 425 g/mol. The zero-order valence-electron chi connectivity index (χ0n) is 16.9. The smallest absolute Gasteiger partial charge is 0.342 e. The highest BCUT2D eigenvalue weighted by Crippen LogP contribution is 2.38. The highest BCUT2D eigenvalue weighted by molar-refractivity contribution is 7.15. The quantitative estimate of drug-likeness (QED) is 0.526. The van der Waals surface area contributed by atoms with Gasteiger partial charge < -0.3 is 14.6 Å². The standard InChI is InChI=1S/C22H23N3O4S/c1-13(2)10-17-23-18(29-25-17)11-28-22(27)19-16(14-6-4-3-5-7-14)12-30-21(19)24-20(26)15-8-9-15/h3-7,12-13,15H,8-11H2,1-2H3,(H,24,26). The molecule has 156 valence electrons. The van der Waals surface area contributed by atoms with Crippen LogP contribution in [0.25, 0.3) is 11.1 Å². The fourth-order valence-corrected chi connectivity index (χ4v) is 4.00. The zero-order valence-corrected chi connectivity index (χ0v) is 17.7. The minimum Gasteiger partial charge on any atom is -0.452 e. The summed E-state index contributed by atoms with van der Waals surface area (Å²) < 4.78 is 10.6. The van der Waals surface area contributed by atoms with Crippen molar-refractivity contribution in [2.45, 2.75) is 39.7 Å². The van der Waals surface area contributed by atoms with E-state index in [4.69, 9.17) is 9.26 Å². The summed E-state index contributed by atoms with van der Waals surface area (Å²) in [7, 11) is 0. The lowest BCUT2D eigenvalue weighted by atomic mass is 10.0. The van der Waals surface area contributed by atoms with Gasteiger partial charge in [-0.1, -0.05) is 49.3 Å². The minimum atomic E-state index is -0.537. The van der Waals surface area contributed by atoms with Gasteiger partial charge in [0, 0.05) is 23.3 Å². The van der Waals surface area contributed by atoms with E-state index < -0.39 is 5.97 Å². The van der Waals surface area contributed by atoms with Crippen LogP contribution in [0.1, 0.15) is 48.8 Å². The molecule has 4 rings (SSSR count). The number of hydrogen-bond donors (Lipinski definition) is 1. The molecule has 0 atom stereocenters. The molecule has 1 amide bonds. The normalized spacial score (nSPS) is 13.4. The maximum atomic E-state index is 13.0. The molecular formula is C22H23N3O4S. The van der Waals surface area contributed by atoms with E-state index in [0.29, 0.717) is 28.7 Å². The van der Waals surface area contributed by atoms with Crippen molar-refractivity contribution >= 4 is 28.2 Å². The molecule has 0 saturated heterocycles. The summed E-state index contributed by atoms with van der Waals surface area (Å²) in [6, 6.07) is 9.55. The number of thiophene rings is 1. The first-order valence-corrected chi connectivity index (χ1v) is 10.9. The number of carbonyl (C=O) groups excluding carboxylic acids is 2. The summed E-state index contributed by atoms with van der Waals surface area (Å²) >= 11 is 1.32. The molecule has 30 heavy (non-hydrogen) atoms. The van der Waals surface area contributed by atoms with E-state index in [1.54, 1.807) is 0 Å². The molecule has 1 aliphatic carbocycles. The molecule has 7 nitrogen and oxygen atoms in total. The molecule has 0 unspecified atom stereocenters. The Balaban J connectivity index is 1.54. The lowest BCUT2D eigenvalue weighted by Gasteiger charge is -2.08. The molecule has 0 radical (unpaired) electrons. The third kappa shape index (κ3) is 4.76. The first-order valence-electron chi connectivity index (χ1n) is 9.97. The maximum Gasteiger partial charge on any atom is 0.342 e. The van der Waals surface area contributed by atoms with E-state index in [9.17, 15) is 9.59 Å². The molecule has 0 spiro atoms. The van der Waals surface area contributed by atoms with Crippen molar-refractivity contribution in [1.29, 1.82) is 0 Å². The number of nitrogens with zero attached hydrogens (tertiary/aromatic N) is 2. The fraction of sp³-hybridized carbons (Fsp3) is 0.364. The number of rotatable bonds is 8. The van der Waals surface area contributed by atoms with Crippen LogP contribution in [-0.2, 0) is 22.6 Å². The van der Waals surface area contributed by atoms with Crippen molar-refractivity contribution in [3.05, 3.63) is 53.0 Å². The molecule has 0 aliphatic heterocycles. The minimum absolute atomic E-state index is 0.0360. The number of esters is 1. The summed E-state index contributed by atoms with van der Waals surface area (Å²) in [5.74, 6) is 0.683. The van der Waals surface area contributed by atoms with Gasteiger partial charge in [0.2, 0.25) is 5.91 Å². The van der Waals surface area contributed by atoms with E-state index in [0.717, 1.165) is 24.0 Å². The predicted molar refractivity (Wildman–Crippen MR) is 113 cm³/mol. The highest BCUT2D eigenvalue weighted by Gasteiger charge is 2.32. The van der Waals surface area contributed by atoms with Gasteiger partial charge in [0.25, 0.3) is 5.89 Å². The van der Waals surface area contributed by atoms with Gasteiger partial charge >= 0.3 is 5.97 Å². The van der Waals surface area contributed by atoms with Crippen molar-refractivity contribution in [3.63, 3.8) is 0 Å². The van der Waals surface area contributed by atoms with Gasteiger partial charge in [-0.3, -0.25) is 4.79 Å². The first-order chi connectivity index (χ1) is 14.5. The van der Waals surface area contributed by atoms with Gasteiger partial charge in [-0.05, 0) is 24.3 Å². The van der Waals surface area contributed by atoms with Crippen LogP contribution in [0, 0.1) is 11.8 Å². The summed E-state index contributed by atoms with van der Waals surface area (Å²) in [5, 5.41) is 9.17. The Labute approximate surface area is 178 Å². The van der Waals surface area contributed by atoms with Crippen molar-refractivity contribution in [3.8, 4) is 11.1 Å². The lowest BCUT2D eigenvalue weighted by Crippen LogP contribution is -2.16. The highest BCUT2D eigenvalue weighted by atomic mass is 32.1. The number of anilines is 1. The summed E-state index contributed by atoms with van der Waals surface area (Å²) in [6.45, 7) is 4.01. The molecule has 8 heteroatoms. The number of aromatic nitrogens is 2. The third-order valence-corrected chi connectivity index (χ3v) is 5.59. The number of ether oxygens (including phenoxy) is 1. The Morgan fingerprint density at radius 1 is 1.27 bits per heavy atom. The van der Waals surface area contributed by atoms with Gasteiger partial charge in [0.15, 0.2) is 12.4 Å². The van der Waals surface area contributed by atoms with Crippen LogP contribution in [0.15, 0.2) is 40.2 Å². The van der Waals surface area contributed by atoms with Gasteiger partial charge in [-0.25, -0.2) is 4.79 Å².